The Morgan fingerprint density at radius 1 is 1.17 bits per heavy atom. The number of carbonyl (C=O) groups is 2. The van der Waals surface area contributed by atoms with Gasteiger partial charge in [-0.2, -0.15) is 0 Å². The number of carboxylic acids is 1. The minimum Gasteiger partial charge on any atom is -0.481 e. The van der Waals surface area contributed by atoms with Gasteiger partial charge < -0.3 is 10.0 Å². The van der Waals surface area contributed by atoms with Gasteiger partial charge in [-0.1, -0.05) is 56.3 Å². The van der Waals surface area contributed by atoms with Crippen LogP contribution in [0.5, 0.6) is 0 Å². The molecule has 1 unspecified atom stereocenters. The summed E-state index contributed by atoms with van der Waals surface area (Å²) in [5.41, 5.74) is 0.162. The van der Waals surface area contributed by atoms with Gasteiger partial charge in [0.2, 0.25) is 5.91 Å². The normalized spacial score (nSPS) is 20.7. The quantitative estimate of drug-likeness (QED) is 0.938. The molecule has 24 heavy (non-hydrogen) atoms. The molecule has 0 aliphatic carbocycles. The molecule has 3 rings (SSSR count). The molecule has 0 bridgehead atoms. The third-order valence-electron chi connectivity index (χ3n) is 5.35. The van der Waals surface area contributed by atoms with E-state index in [4.69, 9.17) is 0 Å². The monoisotopic (exact) mass is 325 g/mol. The number of carbonyl (C=O) groups excluding carboxylic acids is 1. The van der Waals surface area contributed by atoms with Crippen molar-refractivity contribution in [3.8, 4) is 0 Å². The molecular formula is C20H23NO3. The fourth-order valence-corrected chi connectivity index (χ4v) is 3.57. The highest BCUT2D eigenvalue weighted by Crippen LogP contribution is 2.38. The van der Waals surface area contributed by atoms with Crippen molar-refractivity contribution in [1.29, 1.82) is 0 Å². The maximum Gasteiger partial charge on any atom is 0.311 e. The molecular weight excluding hydrogens is 302 g/mol. The fraction of sp³-hybridized carbons (Fsp3) is 0.400. The van der Waals surface area contributed by atoms with Crippen molar-refractivity contribution >= 4 is 22.6 Å². The number of hydrogen-bond donors (Lipinski definition) is 1. The van der Waals surface area contributed by atoms with E-state index in [1.807, 2.05) is 56.3 Å². The van der Waals surface area contributed by atoms with E-state index in [0.29, 0.717) is 25.9 Å². The topological polar surface area (TPSA) is 57.6 Å². The summed E-state index contributed by atoms with van der Waals surface area (Å²) in [6, 6.07) is 14.1. The standard InChI is InChI=1S/C20H23NO3/c1-14(2)20(19(23)24)9-10-21(13-20)18(22)12-15-7-8-16-5-3-4-6-17(16)11-15/h3-8,11,14H,9-10,12-13H2,1-2H3,(H,23,24). The van der Waals surface area contributed by atoms with Gasteiger partial charge in [0.05, 0.1) is 11.8 Å². The van der Waals surface area contributed by atoms with Crippen molar-refractivity contribution in [2.75, 3.05) is 13.1 Å². The van der Waals surface area contributed by atoms with E-state index in [0.717, 1.165) is 16.3 Å². The highest BCUT2D eigenvalue weighted by Gasteiger charge is 2.48. The predicted octanol–water partition coefficient (Wildman–Crippen LogP) is 3.34. The number of fused-ring (bicyclic) bond motifs is 1. The predicted molar refractivity (Wildman–Crippen MR) is 93.8 cm³/mol. The van der Waals surface area contributed by atoms with E-state index >= 15 is 0 Å². The molecule has 1 amide bonds. The van der Waals surface area contributed by atoms with Crippen LogP contribution in [0.1, 0.15) is 25.8 Å². The third kappa shape index (κ3) is 2.88. The van der Waals surface area contributed by atoms with Crippen LogP contribution in [0.3, 0.4) is 0 Å². The summed E-state index contributed by atoms with van der Waals surface area (Å²) in [6.07, 6.45) is 0.849. The summed E-state index contributed by atoms with van der Waals surface area (Å²) in [6.45, 7) is 4.68. The van der Waals surface area contributed by atoms with Gasteiger partial charge in [-0.3, -0.25) is 9.59 Å². The van der Waals surface area contributed by atoms with Gasteiger partial charge in [-0.25, -0.2) is 0 Å². The Labute approximate surface area is 142 Å². The molecule has 0 spiro atoms. The average molecular weight is 325 g/mol. The molecule has 2 aromatic carbocycles. The highest BCUT2D eigenvalue weighted by atomic mass is 16.4. The second-order valence-electron chi connectivity index (χ2n) is 7.04. The van der Waals surface area contributed by atoms with Gasteiger partial charge in [0.15, 0.2) is 0 Å². The molecule has 1 heterocycles. The first-order chi connectivity index (χ1) is 11.4. The fourth-order valence-electron chi connectivity index (χ4n) is 3.57. The summed E-state index contributed by atoms with van der Waals surface area (Å²) in [5, 5.41) is 11.9. The molecule has 0 radical (unpaired) electrons. The number of benzene rings is 2. The van der Waals surface area contributed by atoms with E-state index in [1.165, 1.54) is 0 Å². The molecule has 0 saturated carbocycles. The average Bonchev–Trinajstić information content (AvgIpc) is 3.02. The largest absolute Gasteiger partial charge is 0.481 e. The van der Waals surface area contributed by atoms with Gasteiger partial charge in [0.1, 0.15) is 0 Å². The highest BCUT2D eigenvalue weighted by molar-refractivity contribution is 5.86. The first-order valence-electron chi connectivity index (χ1n) is 8.41. The number of aliphatic carboxylic acids is 1. The molecule has 0 aromatic heterocycles. The molecule has 1 aliphatic heterocycles. The first kappa shape index (κ1) is 16.5. The minimum atomic E-state index is -0.807. The van der Waals surface area contributed by atoms with Crippen LogP contribution >= 0.6 is 0 Å². The lowest BCUT2D eigenvalue weighted by atomic mass is 9.76. The molecule has 2 aromatic rings. The van der Waals surface area contributed by atoms with E-state index in [1.54, 1.807) is 4.90 Å². The van der Waals surface area contributed by atoms with E-state index < -0.39 is 11.4 Å². The Hall–Kier alpha value is -2.36. The molecule has 1 aliphatic rings. The van der Waals surface area contributed by atoms with E-state index in [9.17, 15) is 14.7 Å². The summed E-state index contributed by atoms with van der Waals surface area (Å²) in [5.74, 6) is -0.777. The van der Waals surface area contributed by atoms with Crippen LogP contribution in [0.25, 0.3) is 10.8 Å². The van der Waals surface area contributed by atoms with Crippen LogP contribution in [0.4, 0.5) is 0 Å². The van der Waals surface area contributed by atoms with Crippen LogP contribution in [0, 0.1) is 11.3 Å². The Morgan fingerprint density at radius 3 is 2.50 bits per heavy atom. The second-order valence-corrected chi connectivity index (χ2v) is 7.04. The maximum absolute atomic E-state index is 12.6. The smallest absolute Gasteiger partial charge is 0.311 e. The van der Waals surface area contributed by atoms with Crippen LogP contribution in [-0.4, -0.2) is 35.0 Å². The van der Waals surface area contributed by atoms with Crippen molar-refractivity contribution < 1.29 is 14.7 Å². The molecule has 1 N–H and O–H groups in total. The summed E-state index contributed by atoms with van der Waals surface area (Å²) in [7, 11) is 0. The summed E-state index contributed by atoms with van der Waals surface area (Å²) in [4.78, 5) is 26.0. The third-order valence-corrected chi connectivity index (χ3v) is 5.35. The number of hydrogen-bond acceptors (Lipinski definition) is 2. The van der Waals surface area contributed by atoms with Crippen molar-refractivity contribution in [3.05, 3.63) is 48.0 Å². The molecule has 4 heteroatoms. The maximum atomic E-state index is 12.6. The van der Waals surface area contributed by atoms with Gasteiger partial charge in [0, 0.05) is 13.1 Å². The lowest BCUT2D eigenvalue weighted by Gasteiger charge is -2.28. The number of carboxylic acid groups (broad SMARTS) is 1. The lowest BCUT2D eigenvalue weighted by molar-refractivity contribution is -0.151. The minimum absolute atomic E-state index is 0.00784. The van der Waals surface area contributed by atoms with Crippen molar-refractivity contribution in [2.45, 2.75) is 26.7 Å². The van der Waals surface area contributed by atoms with Crippen LogP contribution in [0.15, 0.2) is 42.5 Å². The van der Waals surface area contributed by atoms with E-state index in [2.05, 4.69) is 0 Å². The van der Waals surface area contributed by atoms with E-state index in [-0.39, 0.29) is 11.8 Å². The Kier molecular flexibility index (Phi) is 4.31. The zero-order valence-electron chi connectivity index (χ0n) is 14.2. The Morgan fingerprint density at radius 2 is 1.88 bits per heavy atom. The number of amides is 1. The summed E-state index contributed by atoms with van der Waals surface area (Å²) < 4.78 is 0. The second kappa shape index (κ2) is 6.27. The van der Waals surface area contributed by atoms with Crippen molar-refractivity contribution in [1.82, 2.24) is 4.90 Å². The molecule has 4 nitrogen and oxygen atoms in total. The Bertz CT molecular complexity index is 783. The molecule has 1 saturated heterocycles. The number of likely N-dealkylation sites (tertiary alicyclic amines) is 1. The van der Waals surface area contributed by atoms with Crippen LogP contribution in [0.2, 0.25) is 0 Å². The zero-order chi connectivity index (χ0) is 17.3. The van der Waals surface area contributed by atoms with Gasteiger partial charge in [0.25, 0.3) is 0 Å². The summed E-state index contributed by atoms with van der Waals surface area (Å²) >= 11 is 0. The van der Waals surface area contributed by atoms with Crippen LogP contribution < -0.4 is 0 Å². The molecule has 1 atom stereocenters. The van der Waals surface area contributed by atoms with Crippen molar-refractivity contribution in [3.63, 3.8) is 0 Å². The van der Waals surface area contributed by atoms with Crippen LogP contribution in [-0.2, 0) is 16.0 Å². The van der Waals surface area contributed by atoms with Gasteiger partial charge >= 0.3 is 5.97 Å². The number of nitrogens with zero attached hydrogens (tertiary/aromatic N) is 1. The van der Waals surface area contributed by atoms with Gasteiger partial charge in [-0.05, 0) is 28.7 Å². The Balaban J connectivity index is 1.74. The lowest BCUT2D eigenvalue weighted by Crippen LogP contribution is -2.41. The van der Waals surface area contributed by atoms with Crippen molar-refractivity contribution in [2.24, 2.45) is 11.3 Å². The zero-order valence-corrected chi connectivity index (χ0v) is 14.2. The first-order valence-corrected chi connectivity index (χ1v) is 8.41. The number of rotatable bonds is 4. The SMILES string of the molecule is CC(C)C1(C(=O)O)CCN(C(=O)Cc2ccc3ccccc3c2)C1. The van der Waals surface area contributed by atoms with Gasteiger partial charge in [-0.15, -0.1) is 0 Å². The molecule has 1 fully saturated rings. The molecule has 126 valence electrons.